The van der Waals surface area contributed by atoms with Crippen LogP contribution >= 0.6 is 0 Å². The van der Waals surface area contributed by atoms with Crippen molar-refractivity contribution >= 4 is 5.97 Å². The molecule has 1 atom stereocenters. The zero-order chi connectivity index (χ0) is 16.8. The molecule has 128 valence electrons. The average Bonchev–Trinajstić information content (AvgIpc) is 2.48. The molecule has 1 unspecified atom stereocenters. The van der Waals surface area contributed by atoms with Crippen molar-refractivity contribution in [3.05, 3.63) is 35.9 Å². The molecule has 2 N–H and O–H groups in total. The molecule has 4 nitrogen and oxygen atoms in total. The standard InChI is InChI=1S/C19H30N2O2/c1-4-21(13-19(22)23)17-10-16(11-17)20-12-18(14(2)3)15-8-6-5-7-9-15/h5-9,14,16-18,20H,4,10-13H2,1-3H3,(H,22,23). The van der Waals surface area contributed by atoms with Crippen LogP contribution in [0.3, 0.4) is 0 Å². The molecule has 1 aliphatic carbocycles. The van der Waals surface area contributed by atoms with E-state index in [1.54, 1.807) is 0 Å². The first-order valence-electron chi connectivity index (χ1n) is 8.75. The second-order valence-corrected chi connectivity index (χ2v) is 6.95. The van der Waals surface area contributed by atoms with E-state index in [-0.39, 0.29) is 6.54 Å². The molecule has 1 saturated carbocycles. The Labute approximate surface area is 139 Å². The maximum Gasteiger partial charge on any atom is 0.317 e. The van der Waals surface area contributed by atoms with Crippen molar-refractivity contribution in [3.63, 3.8) is 0 Å². The van der Waals surface area contributed by atoms with Gasteiger partial charge in [0.1, 0.15) is 0 Å². The molecule has 0 spiro atoms. The first kappa shape index (κ1) is 18.0. The maximum absolute atomic E-state index is 10.9. The van der Waals surface area contributed by atoms with E-state index >= 15 is 0 Å². The zero-order valence-electron chi connectivity index (χ0n) is 14.5. The second kappa shape index (κ2) is 8.46. The third-order valence-electron chi connectivity index (χ3n) is 5.03. The Morgan fingerprint density at radius 2 is 1.96 bits per heavy atom. The number of benzene rings is 1. The Kier molecular flexibility index (Phi) is 6.60. The Morgan fingerprint density at radius 1 is 1.30 bits per heavy atom. The van der Waals surface area contributed by atoms with E-state index in [1.165, 1.54) is 5.56 Å². The lowest BCUT2D eigenvalue weighted by Crippen LogP contribution is -2.54. The SMILES string of the molecule is CCN(CC(=O)O)C1CC(NCC(c2ccccc2)C(C)C)C1. The molecule has 0 saturated heterocycles. The lowest BCUT2D eigenvalue weighted by Gasteiger charge is -2.43. The number of carboxylic acid groups (broad SMARTS) is 1. The smallest absolute Gasteiger partial charge is 0.317 e. The van der Waals surface area contributed by atoms with Crippen LogP contribution in [0.1, 0.15) is 45.1 Å². The van der Waals surface area contributed by atoms with E-state index < -0.39 is 5.97 Å². The first-order chi connectivity index (χ1) is 11.0. The van der Waals surface area contributed by atoms with Gasteiger partial charge in [-0.3, -0.25) is 9.69 Å². The van der Waals surface area contributed by atoms with Crippen LogP contribution in [0.4, 0.5) is 0 Å². The van der Waals surface area contributed by atoms with E-state index in [0.29, 0.717) is 23.9 Å². The molecule has 0 heterocycles. The molecule has 0 aliphatic heterocycles. The van der Waals surface area contributed by atoms with Crippen molar-refractivity contribution < 1.29 is 9.90 Å². The van der Waals surface area contributed by atoms with E-state index in [0.717, 1.165) is 25.9 Å². The summed E-state index contributed by atoms with van der Waals surface area (Å²) in [4.78, 5) is 13.0. The van der Waals surface area contributed by atoms with Gasteiger partial charge < -0.3 is 10.4 Å². The average molecular weight is 318 g/mol. The van der Waals surface area contributed by atoms with Gasteiger partial charge in [-0.05, 0) is 36.8 Å². The van der Waals surface area contributed by atoms with Crippen LogP contribution in [-0.4, -0.2) is 47.7 Å². The van der Waals surface area contributed by atoms with E-state index in [1.807, 2.05) is 6.92 Å². The van der Waals surface area contributed by atoms with Crippen molar-refractivity contribution in [2.45, 2.75) is 51.6 Å². The number of carboxylic acids is 1. The number of nitrogens with zero attached hydrogens (tertiary/aromatic N) is 1. The van der Waals surface area contributed by atoms with Gasteiger partial charge in [-0.2, -0.15) is 0 Å². The van der Waals surface area contributed by atoms with Crippen LogP contribution in [-0.2, 0) is 4.79 Å². The molecule has 2 rings (SSSR count). The fraction of sp³-hybridized carbons (Fsp3) is 0.632. The summed E-state index contributed by atoms with van der Waals surface area (Å²) in [5.41, 5.74) is 1.40. The third-order valence-corrected chi connectivity index (χ3v) is 5.03. The molecule has 0 radical (unpaired) electrons. The third kappa shape index (κ3) is 5.05. The summed E-state index contributed by atoms with van der Waals surface area (Å²) in [5, 5.41) is 12.6. The topological polar surface area (TPSA) is 52.6 Å². The van der Waals surface area contributed by atoms with Crippen molar-refractivity contribution in [1.29, 1.82) is 0 Å². The molecule has 1 aliphatic rings. The van der Waals surface area contributed by atoms with Gasteiger partial charge in [0.25, 0.3) is 0 Å². The normalized spacial score (nSPS) is 22.1. The molecular weight excluding hydrogens is 288 g/mol. The molecule has 4 heteroatoms. The number of hydrogen-bond acceptors (Lipinski definition) is 3. The van der Waals surface area contributed by atoms with Crippen molar-refractivity contribution in [1.82, 2.24) is 10.2 Å². The van der Waals surface area contributed by atoms with E-state index in [2.05, 4.69) is 54.4 Å². The molecule has 0 aromatic heterocycles. The highest BCUT2D eigenvalue weighted by atomic mass is 16.4. The van der Waals surface area contributed by atoms with Crippen molar-refractivity contribution in [3.8, 4) is 0 Å². The summed E-state index contributed by atoms with van der Waals surface area (Å²) in [6, 6.07) is 11.6. The number of hydrogen-bond donors (Lipinski definition) is 2. The van der Waals surface area contributed by atoms with Crippen LogP contribution in [0.25, 0.3) is 0 Å². The highest BCUT2D eigenvalue weighted by molar-refractivity contribution is 5.69. The monoisotopic (exact) mass is 318 g/mol. The minimum atomic E-state index is -0.729. The summed E-state index contributed by atoms with van der Waals surface area (Å²) in [5.74, 6) is 0.392. The van der Waals surface area contributed by atoms with Crippen LogP contribution in [0.2, 0.25) is 0 Å². The second-order valence-electron chi connectivity index (χ2n) is 6.95. The minimum Gasteiger partial charge on any atom is -0.480 e. The fourth-order valence-electron chi connectivity index (χ4n) is 3.46. The molecule has 0 bridgehead atoms. The number of rotatable bonds is 9. The van der Waals surface area contributed by atoms with E-state index in [4.69, 9.17) is 5.11 Å². The molecule has 23 heavy (non-hydrogen) atoms. The van der Waals surface area contributed by atoms with Crippen molar-refractivity contribution in [2.24, 2.45) is 5.92 Å². The van der Waals surface area contributed by atoms with Crippen LogP contribution in [0.5, 0.6) is 0 Å². The number of nitrogens with one attached hydrogen (secondary N) is 1. The van der Waals surface area contributed by atoms with Crippen LogP contribution < -0.4 is 5.32 Å². The predicted octanol–water partition coefficient (Wildman–Crippen LogP) is 2.95. The van der Waals surface area contributed by atoms with Crippen LogP contribution in [0, 0.1) is 5.92 Å². The Hall–Kier alpha value is -1.39. The fourth-order valence-corrected chi connectivity index (χ4v) is 3.46. The largest absolute Gasteiger partial charge is 0.480 e. The number of aliphatic carboxylic acids is 1. The van der Waals surface area contributed by atoms with Gasteiger partial charge in [-0.25, -0.2) is 0 Å². The van der Waals surface area contributed by atoms with Gasteiger partial charge in [-0.1, -0.05) is 51.1 Å². The zero-order valence-corrected chi connectivity index (χ0v) is 14.5. The highest BCUT2D eigenvalue weighted by Gasteiger charge is 2.34. The first-order valence-corrected chi connectivity index (χ1v) is 8.75. The maximum atomic E-state index is 10.9. The Balaban J connectivity index is 1.79. The van der Waals surface area contributed by atoms with Gasteiger partial charge >= 0.3 is 5.97 Å². The summed E-state index contributed by atoms with van der Waals surface area (Å²) in [6.07, 6.45) is 2.11. The quantitative estimate of drug-likeness (QED) is 0.735. The van der Waals surface area contributed by atoms with E-state index in [9.17, 15) is 4.79 Å². The van der Waals surface area contributed by atoms with Crippen LogP contribution in [0.15, 0.2) is 30.3 Å². The van der Waals surface area contributed by atoms with Gasteiger partial charge in [0.2, 0.25) is 0 Å². The summed E-state index contributed by atoms with van der Waals surface area (Å²) < 4.78 is 0. The lowest BCUT2D eigenvalue weighted by molar-refractivity contribution is -0.139. The Bertz CT molecular complexity index is 483. The van der Waals surface area contributed by atoms with Gasteiger partial charge in [-0.15, -0.1) is 0 Å². The molecule has 0 amide bonds. The molecule has 1 fully saturated rings. The van der Waals surface area contributed by atoms with Gasteiger partial charge in [0.05, 0.1) is 6.54 Å². The highest BCUT2D eigenvalue weighted by Crippen LogP contribution is 2.28. The number of carbonyl (C=O) groups is 1. The van der Waals surface area contributed by atoms with Gasteiger partial charge in [0.15, 0.2) is 0 Å². The predicted molar refractivity (Wildman–Crippen MR) is 93.7 cm³/mol. The lowest BCUT2D eigenvalue weighted by atomic mass is 9.83. The molecule has 1 aromatic rings. The summed E-state index contributed by atoms with van der Waals surface area (Å²) in [6.45, 7) is 8.54. The summed E-state index contributed by atoms with van der Waals surface area (Å²) >= 11 is 0. The molecule has 1 aromatic carbocycles. The Morgan fingerprint density at radius 3 is 2.48 bits per heavy atom. The minimum absolute atomic E-state index is 0.159. The number of likely N-dealkylation sites (N-methyl/N-ethyl adjacent to an activating group) is 1. The molecular formula is C19H30N2O2. The van der Waals surface area contributed by atoms with Crippen molar-refractivity contribution in [2.75, 3.05) is 19.6 Å². The summed E-state index contributed by atoms with van der Waals surface area (Å²) in [7, 11) is 0. The van der Waals surface area contributed by atoms with Gasteiger partial charge in [0, 0.05) is 18.6 Å².